The fourth-order valence-electron chi connectivity index (χ4n) is 12.9. The number of H-pyrrole nitrogens is 2. The second-order valence-corrected chi connectivity index (χ2v) is 34.4. The maximum atomic E-state index is 14.1. The molecule has 14 amide bonds. The quantitative estimate of drug-likeness (QED) is 0.0247. The van der Waals surface area contributed by atoms with Gasteiger partial charge in [0.1, 0.15) is 73.5 Å². The van der Waals surface area contributed by atoms with Crippen LogP contribution >= 0.6 is 43.2 Å². The van der Waals surface area contributed by atoms with Gasteiger partial charge < -0.3 is 109 Å². The van der Waals surface area contributed by atoms with Gasteiger partial charge >= 0.3 is 11.9 Å². The number of nitrogens with two attached hydrogens (primary N) is 2. The molecule has 3 aliphatic rings. The van der Waals surface area contributed by atoms with Crippen LogP contribution in [0.1, 0.15) is 110 Å². The van der Waals surface area contributed by atoms with E-state index >= 15 is 0 Å². The minimum atomic E-state index is -1.64. The van der Waals surface area contributed by atoms with Crippen LogP contribution in [0.5, 0.6) is 0 Å². The number of likely N-dealkylation sites (N-methyl/N-ethyl adjacent to an activating group) is 1. The zero-order chi connectivity index (χ0) is 85.9. The summed E-state index contributed by atoms with van der Waals surface area (Å²) in [4.78, 5) is 220. The lowest BCUT2D eigenvalue weighted by Crippen LogP contribution is -2.59. The van der Waals surface area contributed by atoms with Gasteiger partial charge in [0.15, 0.2) is 0 Å². The SMILES string of the molecule is CC1NC(=O)C(CC(=O)O)NC(=O)CNC(=O)C(CCCC[N+]2(C)CCOCC2)NC(=O)CCSSCC(C(N)=O)NC(=O)C(C)N(CCc2c[nH]c3ccccc23)C1=O.CCN(C)CCCCC1NC(=O)CCSSCC(C(N)=O)NC(=O)C(C)N(CCc2c[nH]c3ccccc23)C(=O)C(C)NC(=O)C(CC(=O)O)NC(=O)CNC1=O. The van der Waals surface area contributed by atoms with E-state index in [2.05, 4.69) is 75.1 Å². The molecule has 4 aromatic rings. The van der Waals surface area contributed by atoms with Gasteiger partial charge in [0.2, 0.25) is 82.7 Å². The molecule has 0 bridgehead atoms. The highest BCUT2D eigenvalue weighted by atomic mass is 33.1. The summed E-state index contributed by atoms with van der Waals surface area (Å²) in [5.74, 6) is -12.4. The van der Waals surface area contributed by atoms with E-state index < -0.39 is 181 Å². The van der Waals surface area contributed by atoms with Crippen molar-refractivity contribution in [3.05, 3.63) is 72.1 Å². The Kier molecular flexibility index (Phi) is 40.2. The van der Waals surface area contributed by atoms with Gasteiger partial charge in [0.25, 0.3) is 0 Å². The van der Waals surface area contributed by atoms with Gasteiger partial charge in [-0.15, -0.1) is 0 Å². The number of primary amides is 2. The molecule has 41 heteroatoms. The Hall–Kier alpha value is -9.68. The zero-order valence-electron chi connectivity index (χ0n) is 67.1. The number of ether oxygens (including phenoxy) is 1. The lowest BCUT2D eigenvalue weighted by Gasteiger charge is -2.37. The number of carbonyl (C=O) groups excluding carboxylic acids is 14. The number of benzene rings is 2. The van der Waals surface area contributed by atoms with Crippen LogP contribution in [0, 0.1) is 0 Å². The lowest BCUT2D eigenvalue weighted by atomic mass is 10.1. The largest absolute Gasteiger partial charge is 0.481 e. The molecule has 0 radical (unpaired) electrons. The number of morpholine rings is 1. The third-order valence-corrected chi connectivity index (χ3v) is 24.9. The van der Waals surface area contributed by atoms with E-state index in [-0.39, 0.29) is 50.3 Å². The van der Waals surface area contributed by atoms with Crippen LogP contribution in [0.3, 0.4) is 0 Å². The van der Waals surface area contributed by atoms with Gasteiger partial charge in [0, 0.05) is 83.1 Å². The fraction of sp³-hybridized carbons (Fsp3) is 0.579. The summed E-state index contributed by atoms with van der Waals surface area (Å²) >= 11 is 0. The highest BCUT2D eigenvalue weighted by Gasteiger charge is 2.38. The van der Waals surface area contributed by atoms with Crippen molar-refractivity contribution in [2.75, 3.05) is 109 Å². The van der Waals surface area contributed by atoms with Crippen LogP contribution in [0.15, 0.2) is 60.9 Å². The molecule has 0 spiro atoms. The normalized spacial score (nSPS) is 23.9. The predicted molar refractivity (Wildman–Crippen MR) is 444 cm³/mol. The molecular formula is C76H113N18O19S4+. The second-order valence-electron chi connectivity index (χ2n) is 29.1. The predicted octanol–water partition coefficient (Wildman–Crippen LogP) is -0.735. The van der Waals surface area contributed by atoms with Gasteiger partial charge in [-0.3, -0.25) is 76.7 Å². The highest BCUT2D eigenvalue weighted by Crippen LogP contribution is 2.26. The number of fused-ring (bicyclic) bond motifs is 2. The van der Waals surface area contributed by atoms with E-state index in [1.807, 2.05) is 62.5 Å². The van der Waals surface area contributed by atoms with Gasteiger partial charge in [-0.05, 0) is 122 Å². The number of para-hydroxylation sites is 2. The molecule has 5 heterocycles. The number of carboxylic acid groups (broad SMARTS) is 2. The van der Waals surface area contributed by atoms with E-state index in [0.717, 1.165) is 83.0 Å². The van der Waals surface area contributed by atoms with E-state index in [9.17, 15) is 86.9 Å². The smallest absolute Gasteiger partial charge is 0.305 e. The van der Waals surface area contributed by atoms with Crippen LogP contribution in [0.4, 0.5) is 0 Å². The van der Waals surface area contributed by atoms with Crippen molar-refractivity contribution < 1.29 is 96.1 Å². The minimum Gasteiger partial charge on any atom is -0.481 e. The number of unbranched alkanes of at least 4 members (excludes halogenated alkanes) is 2. The summed E-state index contributed by atoms with van der Waals surface area (Å²) in [5.41, 5.74) is 14.8. The topological polar surface area (TPSA) is 536 Å². The number of hydrogen-bond acceptors (Lipinski definition) is 22. The molecule has 18 N–H and O–H groups in total. The Balaban J connectivity index is 0.000000364. The first-order chi connectivity index (χ1) is 55.7. The molecule has 7 rings (SSSR count). The molecule has 3 saturated heterocycles. The van der Waals surface area contributed by atoms with Crippen molar-refractivity contribution in [3.8, 4) is 0 Å². The van der Waals surface area contributed by atoms with Crippen LogP contribution < -0.4 is 64.6 Å². The Bertz CT molecular complexity index is 4110. The van der Waals surface area contributed by atoms with Crippen molar-refractivity contribution in [1.29, 1.82) is 0 Å². The standard InChI is InChI=1S/C39H57N9O10S2.C37H55N9O9S2/c1-24-39(57)47(13-11-26-21-41-28-9-5-4-8-27(26)28)25(2)36(54)46-31(35(40)53)23-60-59-19-12-32(49)44-29(10-6-7-14-48(3)15-17-58-18-16-48)37(55)42-22-33(50)45-30(20-34(51)52)38(56)43-24;1-5-45(4)15-9-8-12-27-35(53)40-20-31(48)43-28(18-32(49)50)36(54)41-22(2)37(55)46(16-13-24-19-39-26-11-7-6-10-25(24)26)23(3)34(52)44-29(33(38)51)21-57-56-17-14-30(47)42-27/h4-5,8-9,21,24-25,29-31,41H,6-7,10-20,22-23H2,1-3H3,(H7-,40,42,43,44,45,46,49,50,51,52,53,54,55,56);6-7,10-11,19,22-23,27-29,39H,5,8-9,12-18,20-21H2,1-4H3,(H2,38,51)(H,40,53)(H,41,54)(H,42,47)(H,43,48)(H,44,52)(H,49,50)/p+1. The average Bonchev–Trinajstić information content (AvgIpc) is 1.69. The van der Waals surface area contributed by atoms with Crippen LogP contribution in [-0.4, -0.2) is 304 Å². The maximum Gasteiger partial charge on any atom is 0.305 e. The molecule has 0 aliphatic carbocycles. The number of hydrogen-bond donors (Lipinski definition) is 16. The van der Waals surface area contributed by atoms with Crippen LogP contribution in [-0.2, 0) is 94.3 Å². The van der Waals surface area contributed by atoms with E-state index in [0.29, 0.717) is 50.4 Å². The Morgan fingerprint density at radius 2 is 0.923 bits per heavy atom. The maximum absolute atomic E-state index is 14.1. The second kappa shape index (κ2) is 48.9. The summed E-state index contributed by atoms with van der Waals surface area (Å²) in [6.07, 6.45) is 5.81. The Labute approximate surface area is 694 Å². The number of carboxylic acids is 2. The first kappa shape index (κ1) is 96.2. The van der Waals surface area contributed by atoms with E-state index in [1.54, 1.807) is 12.4 Å². The van der Waals surface area contributed by atoms with Crippen molar-refractivity contribution in [2.45, 2.75) is 172 Å². The number of nitrogens with zero attached hydrogens (tertiary/aromatic N) is 4. The number of quaternary nitrogens is 1. The molecule has 10 atom stereocenters. The lowest BCUT2D eigenvalue weighted by molar-refractivity contribution is -0.917. The van der Waals surface area contributed by atoms with Crippen molar-refractivity contribution in [2.24, 2.45) is 11.5 Å². The van der Waals surface area contributed by atoms with Crippen molar-refractivity contribution in [1.82, 2.24) is 77.8 Å². The fourth-order valence-corrected chi connectivity index (χ4v) is 17.3. The molecule has 117 heavy (non-hydrogen) atoms. The molecule has 2 aromatic heterocycles. The van der Waals surface area contributed by atoms with Crippen LogP contribution in [0.2, 0.25) is 0 Å². The first-order valence-electron chi connectivity index (χ1n) is 38.9. The third-order valence-electron chi connectivity index (χ3n) is 20.1. The Morgan fingerprint density at radius 1 is 0.521 bits per heavy atom. The summed E-state index contributed by atoms with van der Waals surface area (Å²) in [6, 6.07) is 2.65. The Morgan fingerprint density at radius 3 is 1.32 bits per heavy atom. The third kappa shape index (κ3) is 32.3. The molecular weight excluding hydrogens is 1600 g/mol. The number of rotatable bonds is 23. The highest BCUT2D eigenvalue weighted by molar-refractivity contribution is 8.77. The molecule has 3 fully saturated rings. The summed E-state index contributed by atoms with van der Waals surface area (Å²) < 4.78 is 6.31. The van der Waals surface area contributed by atoms with Gasteiger partial charge in [-0.25, -0.2) is 0 Å². The molecule has 644 valence electrons. The van der Waals surface area contributed by atoms with Gasteiger partial charge in [0.05, 0.1) is 52.7 Å². The van der Waals surface area contributed by atoms with Gasteiger partial charge in [-0.2, -0.15) is 0 Å². The number of carbonyl (C=O) groups is 16. The number of amides is 14. The first-order valence-corrected chi connectivity index (χ1v) is 43.9. The summed E-state index contributed by atoms with van der Waals surface area (Å²) in [5, 5.41) is 46.2. The van der Waals surface area contributed by atoms with Crippen LogP contribution in [0.25, 0.3) is 21.8 Å². The molecule has 10 unspecified atom stereocenters. The minimum absolute atomic E-state index is 0.00734. The van der Waals surface area contributed by atoms with Gasteiger partial charge in [-0.1, -0.05) is 86.5 Å². The summed E-state index contributed by atoms with van der Waals surface area (Å²) in [6.45, 7) is 12.0. The number of aliphatic carboxylic acids is 2. The number of aromatic nitrogens is 2. The van der Waals surface area contributed by atoms with Crippen molar-refractivity contribution >= 4 is 160 Å². The van der Waals surface area contributed by atoms with E-state index in [1.165, 1.54) is 80.7 Å². The zero-order valence-corrected chi connectivity index (χ0v) is 70.3. The molecule has 2 aromatic carbocycles. The summed E-state index contributed by atoms with van der Waals surface area (Å²) in [7, 11) is 9.07. The molecule has 3 aliphatic heterocycles. The number of nitrogens with one attached hydrogen (secondary N) is 12. The average molecular weight is 1710 g/mol. The monoisotopic (exact) mass is 1710 g/mol. The van der Waals surface area contributed by atoms with E-state index in [4.69, 9.17) is 16.2 Å². The molecule has 0 saturated carbocycles. The molecule has 37 nitrogen and oxygen atoms in total. The number of aromatic amines is 2. The van der Waals surface area contributed by atoms with Crippen molar-refractivity contribution in [3.63, 3.8) is 0 Å².